The molecule has 2 saturated heterocycles. The Labute approximate surface area is 129 Å². The van der Waals surface area contributed by atoms with E-state index >= 15 is 0 Å². The minimum atomic E-state index is -0.462. The number of piperidine rings is 1. The lowest BCUT2D eigenvalue weighted by Crippen LogP contribution is -2.52. The number of nitrogens with one attached hydrogen (secondary N) is 2. The van der Waals surface area contributed by atoms with Crippen molar-refractivity contribution >= 4 is 12.0 Å². The number of ether oxygens (including phenoxy) is 1. The Hall–Kier alpha value is -2.15. The summed E-state index contributed by atoms with van der Waals surface area (Å²) in [6, 6.07) is 5.61. The molecule has 22 heavy (non-hydrogen) atoms. The molecule has 2 amide bonds. The van der Waals surface area contributed by atoms with Crippen LogP contribution in [-0.4, -0.2) is 53.7 Å². The van der Waals surface area contributed by atoms with E-state index in [4.69, 9.17) is 4.74 Å². The number of alkyl carbamates (subject to hydrolysis) is 1. The van der Waals surface area contributed by atoms with E-state index in [1.165, 1.54) is 0 Å². The number of rotatable bonds is 4. The minimum absolute atomic E-state index is 0.0417. The van der Waals surface area contributed by atoms with E-state index in [1.807, 2.05) is 23.1 Å². The molecule has 118 valence electrons. The van der Waals surface area contributed by atoms with Crippen molar-refractivity contribution in [2.24, 2.45) is 0 Å². The summed E-state index contributed by atoms with van der Waals surface area (Å²) < 4.78 is 5.40. The van der Waals surface area contributed by atoms with Crippen LogP contribution in [0.3, 0.4) is 0 Å². The van der Waals surface area contributed by atoms with Gasteiger partial charge in [0.2, 0.25) is 5.91 Å². The summed E-state index contributed by atoms with van der Waals surface area (Å²) in [5.74, 6) is -0.0417. The molecule has 3 rings (SSSR count). The van der Waals surface area contributed by atoms with Crippen molar-refractivity contribution in [1.29, 1.82) is 0 Å². The summed E-state index contributed by atoms with van der Waals surface area (Å²) in [6.45, 7) is 2.71. The first-order valence-electron chi connectivity index (χ1n) is 7.51. The largest absolute Gasteiger partial charge is 0.440 e. The molecule has 7 heteroatoms. The fraction of sp³-hybridized carbons (Fsp3) is 0.533. The average Bonchev–Trinajstić information content (AvgIpc) is 2.86. The quantitative estimate of drug-likeness (QED) is 0.834. The van der Waals surface area contributed by atoms with Gasteiger partial charge in [-0.25, -0.2) is 4.79 Å². The highest BCUT2D eigenvalue weighted by Gasteiger charge is 2.43. The molecule has 2 aliphatic heterocycles. The SMILES string of the molecule is O=C(CN1CCC[C@]2(CNC(=O)O2)C1)NCc1ccccn1. The van der Waals surface area contributed by atoms with Gasteiger partial charge in [-0.3, -0.25) is 14.7 Å². The highest BCUT2D eigenvalue weighted by atomic mass is 16.6. The van der Waals surface area contributed by atoms with Crippen molar-refractivity contribution in [3.8, 4) is 0 Å². The van der Waals surface area contributed by atoms with E-state index in [0.717, 1.165) is 25.1 Å². The van der Waals surface area contributed by atoms with Crippen LogP contribution >= 0.6 is 0 Å². The number of hydrogen-bond donors (Lipinski definition) is 2. The Morgan fingerprint density at radius 1 is 1.50 bits per heavy atom. The zero-order valence-corrected chi connectivity index (χ0v) is 12.4. The van der Waals surface area contributed by atoms with Crippen molar-refractivity contribution in [1.82, 2.24) is 20.5 Å². The molecule has 0 saturated carbocycles. The van der Waals surface area contributed by atoms with Crippen molar-refractivity contribution in [2.75, 3.05) is 26.2 Å². The third-order valence-electron chi connectivity index (χ3n) is 4.04. The van der Waals surface area contributed by atoms with Gasteiger partial charge in [0.25, 0.3) is 0 Å². The van der Waals surface area contributed by atoms with Crippen molar-refractivity contribution in [3.05, 3.63) is 30.1 Å². The van der Waals surface area contributed by atoms with E-state index in [9.17, 15) is 9.59 Å². The summed E-state index contributed by atoms with van der Waals surface area (Å²) in [4.78, 5) is 29.5. The first-order chi connectivity index (χ1) is 10.7. The first kappa shape index (κ1) is 14.8. The molecule has 3 heterocycles. The van der Waals surface area contributed by atoms with Crippen LogP contribution < -0.4 is 10.6 Å². The summed E-state index contributed by atoms with van der Waals surface area (Å²) >= 11 is 0. The number of carbonyl (C=O) groups excluding carboxylic acids is 2. The molecular formula is C15H20N4O3. The standard InChI is InChI=1S/C15H20N4O3/c20-13(17-8-12-4-1-2-6-16-12)9-19-7-3-5-15(11-19)10-18-14(21)22-15/h1-2,4,6H,3,5,7-11H2,(H,17,20)(H,18,21)/t15-/m0/s1. The number of nitrogens with zero attached hydrogens (tertiary/aromatic N) is 2. The number of aromatic nitrogens is 1. The summed E-state index contributed by atoms with van der Waals surface area (Å²) in [5, 5.41) is 5.57. The number of carbonyl (C=O) groups is 2. The summed E-state index contributed by atoms with van der Waals surface area (Å²) in [5.41, 5.74) is 0.372. The van der Waals surface area contributed by atoms with Gasteiger partial charge in [0.15, 0.2) is 0 Å². The highest BCUT2D eigenvalue weighted by molar-refractivity contribution is 5.78. The van der Waals surface area contributed by atoms with E-state index in [2.05, 4.69) is 15.6 Å². The van der Waals surface area contributed by atoms with Gasteiger partial charge in [0, 0.05) is 12.7 Å². The molecular weight excluding hydrogens is 284 g/mol. The maximum Gasteiger partial charge on any atom is 0.407 e. The Bertz CT molecular complexity index is 551. The minimum Gasteiger partial charge on any atom is -0.440 e. The van der Waals surface area contributed by atoms with Gasteiger partial charge >= 0.3 is 6.09 Å². The predicted molar refractivity (Wildman–Crippen MR) is 79.0 cm³/mol. The Balaban J connectivity index is 1.48. The molecule has 2 aliphatic rings. The smallest absolute Gasteiger partial charge is 0.407 e. The molecule has 0 bridgehead atoms. The maximum atomic E-state index is 12.0. The number of likely N-dealkylation sites (tertiary alicyclic amines) is 1. The van der Waals surface area contributed by atoms with Crippen LogP contribution in [0.15, 0.2) is 24.4 Å². The van der Waals surface area contributed by atoms with E-state index in [0.29, 0.717) is 26.2 Å². The fourth-order valence-corrected chi connectivity index (χ4v) is 3.01. The van der Waals surface area contributed by atoms with Gasteiger partial charge in [-0.05, 0) is 31.5 Å². The van der Waals surface area contributed by atoms with Gasteiger partial charge in [-0.2, -0.15) is 0 Å². The van der Waals surface area contributed by atoms with Gasteiger partial charge in [-0.15, -0.1) is 0 Å². The lowest BCUT2D eigenvalue weighted by Gasteiger charge is -2.37. The monoisotopic (exact) mass is 304 g/mol. The topological polar surface area (TPSA) is 83.6 Å². The highest BCUT2D eigenvalue weighted by Crippen LogP contribution is 2.27. The number of amides is 2. The van der Waals surface area contributed by atoms with E-state index in [-0.39, 0.29) is 12.0 Å². The van der Waals surface area contributed by atoms with Crippen molar-refractivity contribution < 1.29 is 14.3 Å². The second-order valence-corrected chi connectivity index (χ2v) is 5.84. The molecule has 1 atom stereocenters. The second kappa shape index (κ2) is 6.31. The molecule has 1 aromatic rings. The summed E-state index contributed by atoms with van der Waals surface area (Å²) in [7, 11) is 0. The molecule has 1 aromatic heterocycles. The maximum absolute atomic E-state index is 12.0. The van der Waals surface area contributed by atoms with Crippen LogP contribution in [0.25, 0.3) is 0 Å². The van der Waals surface area contributed by atoms with Crippen molar-refractivity contribution in [3.63, 3.8) is 0 Å². The molecule has 0 aliphatic carbocycles. The van der Waals surface area contributed by atoms with E-state index in [1.54, 1.807) is 6.20 Å². The number of hydrogen-bond acceptors (Lipinski definition) is 5. The lowest BCUT2D eigenvalue weighted by molar-refractivity contribution is -0.123. The molecule has 0 aromatic carbocycles. The zero-order chi connectivity index (χ0) is 15.4. The molecule has 2 fully saturated rings. The zero-order valence-electron chi connectivity index (χ0n) is 12.4. The van der Waals surface area contributed by atoms with E-state index < -0.39 is 5.60 Å². The Kier molecular flexibility index (Phi) is 4.24. The van der Waals surface area contributed by atoms with Crippen LogP contribution in [0.4, 0.5) is 4.79 Å². The molecule has 7 nitrogen and oxygen atoms in total. The third-order valence-corrected chi connectivity index (χ3v) is 4.04. The fourth-order valence-electron chi connectivity index (χ4n) is 3.01. The van der Waals surface area contributed by atoms with Crippen LogP contribution in [0.2, 0.25) is 0 Å². The molecule has 0 unspecified atom stereocenters. The second-order valence-electron chi connectivity index (χ2n) is 5.84. The molecule has 1 spiro atoms. The average molecular weight is 304 g/mol. The van der Waals surface area contributed by atoms with Crippen molar-refractivity contribution in [2.45, 2.75) is 25.0 Å². The first-order valence-corrected chi connectivity index (χ1v) is 7.51. The normalized spacial score (nSPS) is 24.8. The number of pyridine rings is 1. The Morgan fingerprint density at radius 3 is 3.14 bits per heavy atom. The van der Waals surface area contributed by atoms with Crippen LogP contribution in [-0.2, 0) is 16.1 Å². The van der Waals surface area contributed by atoms with Gasteiger partial charge < -0.3 is 15.4 Å². The molecule has 0 radical (unpaired) electrons. The van der Waals surface area contributed by atoms with Crippen LogP contribution in [0.1, 0.15) is 18.5 Å². The van der Waals surface area contributed by atoms with Crippen LogP contribution in [0.5, 0.6) is 0 Å². The van der Waals surface area contributed by atoms with Gasteiger partial charge in [0.05, 0.1) is 25.3 Å². The lowest BCUT2D eigenvalue weighted by atomic mass is 9.93. The Morgan fingerprint density at radius 2 is 2.41 bits per heavy atom. The third kappa shape index (κ3) is 3.54. The van der Waals surface area contributed by atoms with Crippen LogP contribution in [0, 0.1) is 0 Å². The van der Waals surface area contributed by atoms with Gasteiger partial charge in [-0.1, -0.05) is 6.07 Å². The molecule has 2 N–H and O–H groups in total. The van der Waals surface area contributed by atoms with Gasteiger partial charge in [0.1, 0.15) is 5.60 Å². The predicted octanol–water partition coefficient (Wildman–Crippen LogP) is 0.272. The summed E-state index contributed by atoms with van der Waals surface area (Å²) in [6.07, 6.45) is 3.11.